The van der Waals surface area contributed by atoms with Gasteiger partial charge in [-0.3, -0.25) is 9.59 Å². The van der Waals surface area contributed by atoms with Crippen LogP contribution in [0.15, 0.2) is 18.2 Å². The van der Waals surface area contributed by atoms with Crippen molar-refractivity contribution in [3.8, 4) is 5.75 Å². The fourth-order valence-electron chi connectivity index (χ4n) is 1.14. The first-order valence-corrected chi connectivity index (χ1v) is 5.11. The Kier molecular flexibility index (Phi) is 4.79. The summed E-state index contributed by atoms with van der Waals surface area (Å²) < 4.78 is 5.28. The maximum atomic E-state index is 10.6. The van der Waals surface area contributed by atoms with E-state index in [0.717, 1.165) is 0 Å². The van der Waals surface area contributed by atoms with Crippen LogP contribution in [0.4, 0.5) is 0 Å². The van der Waals surface area contributed by atoms with Gasteiger partial charge in [0.25, 0.3) is 0 Å². The van der Waals surface area contributed by atoms with Gasteiger partial charge in [-0.05, 0) is 18.6 Å². The van der Waals surface area contributed by atoms with E-state index in [1.165, 1.54) is 0 Å². The molecule has 0 atom stereocenters. The van der Waals surface area contributed by atoms with E-state index in [0.29, 0.717) is 24.0 Å². The van der Waals surface area contributed by atoms with Gasteiger partial charge in [-0.2, -0.15) is 0 Å². The molecule has 0 radical (unpaired) electrons. The first kappa shape index (κ1) is 12.5. The predicted molar refractivity (Wildman–Crippen MR) is 59.2 cm³/mol. The van der Waals surface area contributed by atoms with Crippen LogP contribution in [0.2, 0.25) is 5.02 Å². The number of ether oxygens (including phenoxy) is 1. The molecule has 0 heterocycles. The highest BCUT2D eigenvalue weighted by Gasteiger charge is 2.06. The van der Waals surface area contributed by atoms with Crippen molar-refractivity contribution in [1.82, 2.24) is 0 Å². The summed E-state index contributed by atoms with van der Waals surface area (Å²) >= 11 is 5.88. The van der Waals surface area contributed by atoms with Crippen molar-refractivity contribution < 1.29 is 19.4 Å². The average Bonchev–Trinajstić information content (AvgIpc) is 2.26. The van der Waals surface area contributed by atoms with Gasteiger partial charge in [-0.15, -0.1) is 0 Å². The van der Waals surface area contributed by atoms with Crippen molar-refractivity contribution in [2.75, 3.05) is 6.61 Å². The Labute approximate surface area is 97.8 Å². The van der Waals surface area contributed by atoms with Crippen molar-refractivity contribution in [2.45, 2.75) is 12.8 Å². The van der Waals surface area contributed by atoms with Crippen LogP contribution in [-0.4, -0.2) is 24.0 Å². The molecule has 0 aromatic heterocycles. The molecular weight excluding hydrogens is 232 g/mol. The van der Waals surface area contributed by atoms with Gasteiger partial charge in [0.15, 0.2) is 6.29 Å². The smallest absolute Gasteiger partial charge is 0.303 e. The van der Waals surface area contributed by atoms with Crippen LogP contribution in [0, 0.1) is 0 Å². The fraction of sp³-hybridized carbons (Fsp3) is 0.273. The lowest BCUT2D eigenvalue weighted by Gasteiger charge is -2.07. The molecule has 0 aliphatic rings. The third-order valence-electron chi connectivity index (χ3n) is 1.91. The Morgan fingerprint density at radius 1 is 1.50 bits per heavy atom. The van der Waals surface area contributed by atoms with E-state index in [-0.39, 0.29) is 18.1 Å². The lowest BCUT2D eigenvalue weighted by atomic mass is 10.2. The maximum Gasteiger partial charge on any atom is 0.303 e. The quantitative estimate of drug-likeness (QED) is 0.615. The van der Waals surface area contributed by atoms with E-state index in [9.17, 15) is 9.59 Å². The lowest BCUT2D eigenvalue weighted by Crippen LogP contribution is -2.02. The Morgan fingerprint density at radius 2 is 2.25 bits per heavy atom. The highest BCUT2D eigenvalue weighted by atomic mass is 35.5. The number of carboxylic acids is 1. The highest BCUT2D eigenvalue weighted by Crippen LogP contribution is 2.27. The molecule has 0 spiro atoms. The minimum atomic E-state index is -0.865. The van der Waals surface area contributed by atoms with Crippen molar-refractivity contribution in [2.24, 2.45) is 0 Å². The molecule has 4 nitrogen and oxygen atoms in total. The molecule has 0 saturated heterocycles. The van der Waals surface area contributed by atoms with E-state index in [1.54, 1.807) is 18.2 Å². The summed E-state index contributed by atoms with van der Waals surface area (Å²) in [7, 11) is 0. The van der Waals surface area contributed by atoms with Gasteiger partial charge < -0.3 is 9.84 Å². The normalized spacial score (nSPS) is 9.81. The minimum absolute atomic E-state index is 0.0466. The first-order chi connectivity index (χ1) is 7.65. The monoisotopic (exact) mass is 242 g/mol. The number of benzene rings is 1. The van der Waals surface area contributed by atoms with E-state index >= 15 is 0 Å². The maximum absolute atomic E-state index is 10.6. The second-order valence-electron chi connectivity index (χ2n) is 3.12. The van der Waals surface area contributed by atoms with Crippen molar-refractivity contribution >= 4 is 23.9 Å². The number of hydrogen-bond donors (Lipinski definition) is 1. The number of aliphatic carboxylic acids is 1. The standard InChI is InChI=1S/C11H11ClO4/c12-11-8(7-13)3-1-4-9(11)16-6-2-5-10(14)15/h1,3-4,7H,2,5-6H2,(H,14,15). The molecule has 0 amide bonds. The van der Waals surface area contributed by atoms with Crippen LogP contribution in [-0.2, 0) is 4.79 Å². The van der Waals surface area contributed by atoms with E-state index in [1.807, 2.05) is 0 Å². The molecule has 0 aliphatic carbocycles. The summed E-state index contributed by atoms with van der Waals surface area (Å²) in [6.45, 7) is 0.258. The number of rotatable bonds is 6. The molecule has 5 heteroatoms. The van der Waals surface area contributed by atoms with Crippen LogP contribution in [0.1, 0.15) is 23.2 Å². The molecule has 1 rings (SSSR count). The fourth-order valence-corrected chi connectivity index (χ4v) is 1.36. The number of carboxylic acid groups (broad SMARTS) is 1. The molecule has 0 unspecified atom stereocenters. The summed E-state index contributed by atoms with van der Waals surface area (Å²) in [6, 6.07) is 4.87. The third-order valence-corrected chi connectivity index (χ3v) is 2.32. The highest BCUT2D eigenvalue weighted by molar-refractivity contribution is 6.34. The summed E-state index contributed by atoms with van der Waals surface area (Å²) in [5.74, 6) is -0.465. The number of carbonyl (C=O) groups excluding carboxylic acids is 1. The van der Waals surface area contributed by atoms with Crippen LogP contribution >= 0.6 is 11.6 Å². The molecule has 1 aromatic carbocycles. The SMILES string of the molecule is O=Cc1cccc(OCCCC(=O)O)c1Cl. The van der Waals surface area contributed by atoms with Crippen LogP contribution in [0.5, 0.6) is 5.75 Å². The number of carbonyl (C=O) groups is 2. The van der Waals surface area contributed by atoms with Crippen molar-refractivity contribution in [1.29, 1.82) is 0 Å². The van der Waals surface area contributed by atoms with Crippen molar-refractivity contribution in [3.63, 3.8) is 0 Å². The summed E-state index contributed by atoms with van der Waals surface area (Å²) in [5, 5.41) is 8.68. The molecule has 0 saturated carbocycles. The summed E-state index contributed by atoms with van der Waals surface area (Å²) in [5.41, 5.74) is 0.359. The van der Waals surface area contributed by atoms with Gasteiger partial charge >= 0.3 is 5.97 Å². The second-order valence-corrected chi connectivity index (χ2v) is 3.50. The zero-order chi connectivity index (χ0) is 12.0. The Morgan fingerprint density at radius 3 is 2.88 bits per heavy atom. The Bertz CT molecular complexity index is 390. The van der Waals surface area contributed by atoms with E-state index < -0.39 is 5.97 Å². The zero-order valence-corrected chi connectivity index (χ0v) is 9.24. The van der Waals surface area contributed by atoms with E-state index in [2.05, 4.69) is 0 Å². The van der Waals surface area contributed by atoms with Gasteiger partial charge in [0.1, 0.15) is 5.75 Å². The molecular formula is C11H11ClO4. The topological polar surface area (TPSA) is 63.6 Å². The Hall–Kier alpha value is -1.55. The zero-order valence-electron chi connectivity index (χ0n) is 8.48. The van der Waals surface area contributed by atoms with Crippen LogP contribution in [0.3, 0.4) is 0 Å². The molecule has 86 valence electrons. The largest absolute Gasteiger partial charge is 0.492 e. The predicted octanol–water partition coefficient (Wildman–Crippen LogP) is 2.40. The number of hydrogen-bond acceptors (Lipinski definition) is 3. The van der Waals surface area contributed by atoms with E-state index in [4.69, 9.17) is 21.4 Å². The summed E-state index contributed by atoms with van der Waals surface area (Å²) in [6.07, 6.45) is 1.09. The molecule has 0 bridgehead atoms. The molecule has 1 N–H and O–H groups in total. The number of halogens is 1. The van der Waals surface area contributed by atoms with Gasteiger partial charge in [-0.1, -0.05) is 17.7 Å². The van der Waals surface area contributed by atoms with Gasteiger partial charge in [-0.25, -0.2) is 0 Å². The van der Waals surface area contributed by atoms with Gasteiger partial charge in [0, 0.05) is 12.0 Å². The molecule has 16 heavy (non-hydrogen) atoms. The van der Waals surface area contributed by atoms with Gasteiger partial charge in [0.05, 0.1) is 11.6 Å². The van der Waals surface area contributed by atoms with Crippen LogP contribution < -0.4 is 4.74 Å². The summed E-state index contributed by atoms with van der Waals surface area (Å²) in [4.78, 5) is 20.8. The van der Waals surface area contributed by atoms with Crippen LogP contribution in [0.25, 0.3) is 0 Å². The molecule has 0 aliphatic heterocycles. The Balaban J connectivity index is 2.54. The third kappa shape index (κ3) is 3.55. The van der Waals surface area contributed by atoms with Gasteiger partial charge in [0.2, 0.25) is 0 Å². The molecule has 1 aromatic rings. The second kappa shape index (κ2) is 6.12. The minimum Gasteiger partial charge on any atom is -0.492 e. The van der Waals surface area contributed by atoms with Crippen molar-refractivity contribution in [3.05, 3.63) is 28.8 Å². The first-order valence-electron chi connectivity index (χ1n) is 4.73. The molecule has 0 fully saturated rings. The number of aldehydes is 1. The lowest BCUT2D eigenvalue weighted by molar-refractivity contribution is -0.137. The average molecular weight is 243 g/mol.